The van der Waals surface area contributed by atoms with Crippen molar-refractivity contribution < 1.29 is 4.79 Å². The first kappa shape index (κ1) is 18.3. The summed E-state index contributed by atoms with van der Waals surface area (Å²) in [6.07, 6.45) is 2.43. The van der Waals surface area contributed by atoms with Crippen LogP contribution >= 0.6 is 22.9 Å². The first-order valence-electron chi connectivity index (χ1n) is 9.26. The summed E-state index contributed by atoms with van der Waals surface area (Å²) in [7, 11) is 0. The van der Waals surface area contributed by atoms with Gasteiger partial charge in [-0.1, -0.05) is 42.0 Å². The van der Waals surface area contributed by atoms with Gasteiger partial charge in [-0.25, -0.2) is 4.98 Å². The number of halogens is 1. The molecular weight excluding hydrogens is 378 g/mol. The van der Waals surface area contributed by atoms with Crippen LogP contribution in [0.5, 0.6) is 0 Å². The molecule has 1 fully saturated rings. The van der Waals surface area contributed by atoms with E-state index in [9.17, 15) is 4.79 Å². The van der Waals surface area contributed by atoms with E-state index >= 15 is 0 Å². The molecule has 0 atom stereocenters. The molecule has 1 saturated heterocycles. The fourth-order valence-corrected chi connectivity index (χ4v) is 4.59. The average molecular weight is 400 g/mol. The third-order valence-electron chi connectivity index (χ3n) is 5.04. The third-order valence-corrected chi connectivity index (χ3v) is 6.35. The molecule has 27 heavy (non-hydrogen) atoms. The number of carbonyl (C=O) groups is 1. The topological polar surface area (TPSA) is 45.2 Å². The van der Waals surface area contributed by atoms with Crippen molar-refractivity contribution >= 4 is 44.2 Å². The lowest BCUT2D eigenvalue weighted by molar-refractivity contribution is 0.0951. The van der Waals surface area contributed by atoms with E-state index in [-0.39, 0.29) is 5.91 Å². The quantitative estimate of drug-likeness (QED) is 0.662. The average Bonchev–Trinajstić information content (AvgIpc) is 3.10. The standard InChI is InChI=1S/C21H22ClN3OS/c1-14-7-9-25(10-8-14)21-24-18-6-5-16(12-19(18)27-21)20(26)23-13-15-3-2-4-17(22)11-15/h2-6,11-12,14H,7-10,13H2,1H3,(H,23,26). The van der Waals surface area contributed by atoms with Crippen molar-refractivity contribution in [2.45, 2.75) is 26.3 Å². The Morgan fingerprint density at radius 3 is 2.85 bits per heavy atom. The molecule has 1 aliphatic heterocycles. The number of hydrogen-bond acceptors (Lipinski definition) is 4. The SMILES string of the molecule is CC1CCN(c2nc3ccc(C(=O)NCc4cccc(Cl)c4)cc3s2)CC1. The summed E-state index contributed by atoms with van der Waals surface area (Å²) in [6, 6.07) is 13.2. The van der Waals surface area contributed by atoms with E-state index in [1.807, 2.05) is 42.5 Å². The molecule has 1 N–H and O–H groups in total. The highest BCUT2D eigenvalue weighted by molar-refractivity contribution is 7.22. The smallest absolute Gasteiger partial charge is 0.251 e. The Bertz CT molecular complexity index is 963. The molecule has 0 spiro atoms. The third kappa shape index (κ3) is 4.25. The van der Waals surface area contributed by atoms with Crippen LogP contribution < -0.4 is 10.2 Å². The molecule has 1 aliphatic rings. The molecule has 1 amide bonds. The Hall–Kier alpha value is -2.11. The molecular formula is C21H22ClN3OS. The number of amides is 1. The molecule has 2 heterocycles. The minimum atomic E-state index is -0.0846. The van der Waals surface area contributed by atoms with Crippen LogP contribution in [0.1, 0.15) is 35.7 Å². The Morgan fingerprint density at radius 2 is 2.07 bits per heavy atom. The Balaban J connectivity index is 1.46. The number of rotatable bonds is 4. The summed E-state index contributed by atoms with van der Waals surface area (Å²) >= 11 is 7.66. The number of carbonyl (C=O) groups excluding carboxylic acids is 1. The van der Waals surface area contributed by atoms with Crippen LogP contribution in [0.3, 0.4) is 0 Å². The van der Waals surface area contributed by atoms with Crippen molar-refractivity contribution in [3.63, 3.8) is 0 Å². The monoisotopic (exact) mass is 399 g/mol. The van der Waals surface area contributed by atoms with E-state index in [2.05, 4.69) is 17.1 Å². The van der Waals surface area contributed by atoms with Crippen molar-refractivity contribution in [1.82, 2.24) is 10.3 Å². The molecule has 0 unspecified atom stereocenters. The molecule has 0 saturated carbocycles. The van der Waals surface area contributed by atoms with Crippen molar-refractivity contribution in [1.29, 1.82) is 0 Å². The van der Waals surface area contributed by atoms with Crippen molar-refractivity contribution in [2.75, 3.05) is 18.0 Å². The van der Waals surface area contributed by atoms with Gasteiger partial charge in [-0.3, -0.25) is 4.79 Å². The fraction of sp³-hybridized carbons (Fsp3) is 0.333. The van der Waals surface area contributed by atoms with Gasteiger partial charge in [0, 0.05) is 30.2 Å². The highest BCUT2D eigenvalue weighted by Gasteiger charge is 2.19. The molecule has 140 valence electrons. The molecule has 0 bridgehead atoms. The van der Waals surface area contributed by atoms with Crippen LogP contribution in [0.15, 0.2) is 42.5 Å². The number of fused-ring (bicyclic) bond motifs is 1. The van der Waals surface area contributed by atoms with Crippen molar-refractivity contribution in [3.05, 3.63) is 58.6 Å². The lowest BCUT2D eigenvalue weighted by Crippen LogP contribution is -2.32. The second-order valence-electron chi connectivity index (χ2n) is 7.16. The first-order chi connectivity index (χ1) is 13.1. The number of nitrogens with zero attached hydrogens (tertiary/aromatic N) is 2. The number of thiazole rings is 1. The van der Waals surface area contributed by atoms with E-state index in [0.717, 1.165) is 39.9 Å². The second-order valence-corrected chi connectivity index (χ2v) is 8.61. The van der Waals surface area contributed by atoms with Gasteiger partial charge in [-0.15, -0.1) is 0 Å². The number of anilines is 1. The maximum absolute atomic E-state index is 12.5. The fourth-order valence-electron chi connectivity index (χ4n) is 3.32. The summed E-state index contributed by atoms with van der Waals surface area (Å²) in [5.41, 5.74) is 2.60. The van der Waals surface area contributed by atoms with Gasteiger partial charge in [0.25, 0.3) is 5.91 Å². The van der Waals surface area contributed by atoms with Gasteiger partial charge >= 0.3 is 0 Å². The molecule has 6 heteroatoms. The summed E-state index contributed by atoms with van der Waals surface area (Å²) in [6.45, 7) is 4.89. The van der Waals surface area contributed by atoms with Gasteiger partial charge in [0.1, 0.15) is 0 Å². The first-order valence-corrected chi connectivity index (χ1v) is 10.5. The molecule has 0 radical (unpaired) electrons. The summed E-state index contributed by atoms with van der Waals surface area (Å²) in [4.78, 5) is 19.6. The minimum absolute atomic E-state index is 0.0846. The molecule has 1 aromatic heterocycles. The number of benzene rings is 2. The number of piperidine rings is 1. The van der Waals surface area contributed by atoms with E-state index in [4.69, 9.17) is 16.6 Å². The van der Waals surface area contributed by atoms with Gasteiger partial charge in [0.2, 0.25) is 0 Å². The molecule has 2 aromatic carbocycles. The Kier molecular flexibility index (Phi) is 5.32. The zero-order chi connectivity index (χ0) is 18.8. The maximum Gasteiger partial charge on any atom is 0.251 e. The van der Waals surface area contributed by atoms with E-state index in [0.29, 0.717) is 17.1 Å². The predicted molar refractivity (Wildman–Crippen MR) is 113 cm³/mol. The normalized spacial score (nSPS) is 15.3. The van der Waals surface area contributed by atoms with Crippen LogP contribution in [-0.4, -0.2) is 24.0 Å². The lowest BCUT2D eigenvalue weighted by Gasteiger charge is -2.29. The lowest BCUT2D eigenvalue weighted by atomic mass is 10.00. The minimum Gasteiger partial charge on any atom is -0.348 e. The van der Waals surface area contributed by atoms with Crippen molar-refractivity contribution in [2.24, 2.45) is 5.92 Å². The number of nitrogens with one attached hydrogen (secondary N) is 1. The molecule has 4 nitrogen and oxygen atoms in total. The van der Waals surface area contributed by atoms with Crippen LogP contribution in [0.25, 0.3) is 10.2 Å². The molecule has 3 aromatic rings. The van der Waals surface area contributed by atoms with Crippen LogP contribution in [0, 0.1) is 5.92 Å². The van der Waals surface area contributed by atoms with Gasteiger partial charge < -0.3 is 10.2 Å². The van der Waals surface area contributed by atoms with Crippen LogP contribution in [0.4, 0.5) is 5.13 Å². The summed E-state index contributed by atoms with van der Waals surface area (Å²) in [5, 5.41) is 4.70. The number of aromatic nitrogens is 1. The van der Waals surface area contributed by atoms with Crippen LogP contribution in [-0.2, 0) is 6.54 Å². The zero-order valence-corrected chi connectivity index (χ0v) is 16.8. The Labute approximate surface area is 168 Å². The highest BCUT2D eigenvalue weighted by Crippen LogP contribution is 2.32. The summed E-state index contributed by atoms with van der Waals surface area (Å²) in [5.74, 6) is 0.712. The van der Waals surface area contributed by atoms with Gasteiger partial charge in [-0.2, -0.15) is 0 Å². The van der Waals surface area contributed by atoms with Gasteiger partial charge in [0.05, 0.1) is 10.2 Å². The molecule has 0 aliphatic carbocycles. The maximum atomic E-state index is 12.5. The second kappa shape index (κ2) is 7.87. The number of hydrogen-bond donors (Lipinski definition) is 1. The van der Waals surface area contributed by atoms with Crippen molar-refractivity contribution in [3.8, 4) is 0 Å². The van der Waals surface area contributed by atoms with Gasteiger partial charge in [0.15, 0.2) is 5.13 Å². The Morgan fingerprint density at radius 1 is 1.26 bits per heavy atom. The van der Waals surface area contributed by atoms with E-state index < -0.39 is 0 Å². The molecule has 4 rings (SSSR count). The van der Waals surface area contributed by atoms with Gasteiger partial charge in [-0.05, 0) is 54.7 Å². The highest BCUT2D eigenvalue weighted by atomic mass is 35.5. The predicted octanol–water partition coefficient (Wildman–Crippen LogP) is 5.12. The van der Waals surface area contributed by atoms with E-state index in [1.165, 1.54) is 12.8 Å². The van der Waals surface area contributed by atoms with Crippen LogP contribution in [0.2, 0.25) is 5.02 Å². The summed E-state index contributed by atoms with van der Waals surface area (Å²) < 4.78 is 1.05. The largest absolute Gasteiger partial charge is 0.348 e. The van der Waals surface area contributed by atoms with E-state index in [1.54, 1.807) is 11.3 Å². The zero-order valence-electron chi connectivity index (χ0n) is 15.2.